The number of ether oxygens (including phenoxy) is 2. The minimum Gasteiger partial charge on any atom is -0.497 e. The Kier molecular flexibility index (Phi) is 6.54. The summed E-state index contributed by atoms with van der Waals surface area (Å²) < 4.78 is 16.0. The van der Waals surface area contributed by atoms with Crippen molar-refractivity contribution >= 4 is 5.91 Å². The fraction of sp³-hybridized carbons (Fsp3) is 0.304. The van der Waals surface area contributed by atoms with E-state index in [4.69, 9.17) is 14.0 Å². The van der Waals surface area contributed by atoms with Gasteiger partial charge in [0.2, 0.25) is 0 Å². The lowest BCUT2D eigenvalue weighted by molar-refractivity contribution is 0.0718. The van der Waals surface area contributed by atoms with Crippen LogP contribution in [0.2, 0.25) is 0 Å². The molecule has 3 aromatic rings. The van der Waals surface area contributed by atoms with Crippen molar-refractivity contribution in [1.82, 2.24) is 10.1 Å². The number of carbonyl (C=O) groups is 1. The zero-order valence-electron chi connectivity index (χ0n) is 17.2. The summed E-state index contributed by atoms with van der Waals surface area (Å²) in [5, 5.41) is 4.17. The molecule has 1 heterocycles. The lowest BCUT2D eigenvalue weighted by Gasteiger charge is -2.23. The lowest BCUT2D eigenvalue weighted by Crippen LogP contribution is -2.33. The Hall–Kier alpha value is -3.28. The van der Waals surface area contributed by atoms with Crippen molar-refractivity contribution in [3.05, 3.63) is 65.9 Å². The van der Waals surface area contributed by atoms with E-state index in [0.29, 0.717) is 36.0 Å². The number of rotatable bonds is 8. The highest BCUT2D eigenvalue weighted by molar-refractivity contribution is 5.94. The first kappa shape index (κ1) is 20.5. The molecule has 0 N–H and O–H groups in total. The maximum absolute atomic E-state index is 13.1. The van der Waals surface area contributed by atoms with Gasteiger partial charge in [-0.15, -0.1) is 0 Å². The zero-order chi connectivity index (χ0) is 20.8. The molecule has 0 fully saturated rings. The van der Waals surface area contributed by atoms with Crippen LogP contribution in [-0.4, -0.2) is 36.7 Å². The van der Waals surface area contributed by atoms with Crippen LogP contribution in [0.4, 0.5) is 0 Å². The highest BCUT2D eigenvalue weighted by Crippen LogP contribution is 2.25. The minimum atomic E-state index is -0.0488. The quantitative estimate of drug-likeness (QED) is 0.556. The number of aromatic nitrogens is 1. The molecule has 1 amide bonds. The minimum absolute atomic E-state index is 0.0488. The van der Waals surface area contributed by atoms with E-state index in [0.717, 1.165) is 17.1 Å². The van der Waals surface area contributed by atoms with Gasteiger partial charge < -0.3 is 18.9 Å². The first-order chi connectivity index (χ1) is 14.0. The number of amides is 1. The summed E-state index contributed by atoms with van der Waals surface area (Å²) in [6.45, 7) is 5.15. The number of carbonyl (C=O) groups excluding carboxylic acids is 1. The Morgan fingerprint density at radius 2 is 1.76 bits per heavy atom. The van der Waals surface area contributed by atoms with Crippen molar-refractivity contribution in [1.29, 1.82) is 0 Å². The van der Waals surface area contributed by atoms with Crippen LogP contribution in [0.15, 0.2) is 59.1 Å². The number of benzene rings is 2. The molecule has 6 heteroatoms. The van der Waals surface area contributed by atoms with Crippen LogP contribution in [-0.2, 0) is 6.54 Å². The van der Waals surface area contributed by atoms with Crippen LogP contribution in [0.25, 0.3) is 11.3 Å². The van der Waals surface area contributed by atoms with Gasteiger partial charge in [-0.05, 0) is 42.3 Å². The number of methoxy groups -OCH3 is 2. The van der Waals surface area contributed by atoms with E-state index in [-0.39, 0.29) is 5.91 Å². The van der Waals surface area contributed by atoms with E-state index in [9.17, 15) is 4.79 Å². The van der Waals surface area contributed by atoms with Gasteiger partial charge in [-0.25, -0.2) is 0 Å². The maximum atomic E-state index is 13.1. The summed E-state index contributed by atoms with van der Waals surface area (Å²) in [6, 6.07) is 16.6. The van der Waals surface area contributed by atoms with Crippen molar-refractivity contribution in [2.75, 3.05) is 20.8 Å². The lowest BCUT2D eigenvalue weighted by atomic mass is 10.1. The Morgan fingerprint density at radius 1 is 1.03 bits per heavy atom. The molecule has 6 nitrogen and oxygen atoms in total. The molecule has 29 heavy (non-hydrogen) atoms. The average molecular weight is 394 g/mol. The largest absolute Gasteiger partial charge is 0.497 e. The zero-order valence-corrected chi connectivity index (χ0v) is 17.2. The van der Waals surface area contributed by atoms with Crippen molar-refractivity contribution in [2.24, 2.45) is 5.92 Å². The fourth-order valence-electron chi connectivity index (χ4n) is 3.07. The van der Waals surface area contributed by atoms with Crippen LogP contribution in [0.3, 0.4) is 0 Å². The van der Waals surface area contributed by atoms with Crippen LogP contribution in [0.1, 0.15) is 29.9 Å². The first-order valence-electron chi connectivity index (χ1n) is 9.53. The molecule has 0 radical (unpaired) electrons. The molecule has 0 saturated heterocycles. The maximum Gasteiger partial charge on any atom is 0.254 e. The molecule has 0 saturated carbocycles. The first-order valence-corrected chi connectivity index (χ1v) is 9.53. The normalized spacial score (nSPS) is 10.8. The van der Waals surface area contributed by atoms with Crippen molar-refractivity contribution < 1.29 is 18.8 Å². The van der Waals surface area contributed by atoms with Gasteiger partial charge in [-0.2, -0.15) is 0 Å². The molecule has 1 aromatic heterocycles. The van der Waals surface area contributed by atoms with Gasteiger partial charge in [0.25, 0.3) is 5.91 Å². The monoisotopic (exact) mass is 394 g/mol. The van der Waals surface area contributed by atoms with Gasteiger partial charge >= 0.3 is 0 Å². The fourth-order valence-corrected chi connectivity index (χ4v) is 3.07. The molecule has 3 rings (SSSR count). The van der Waals surface area contributed by atoms with Crippen molar-refractivity contribution in [3.8, 4) is 22.8 Å². The average Bonchev–Trinajstić information content (AvgIpc) is 3.21. The molecule has 0 bridgehead atoms. The summed E-state index contributed by atoms with van der Waals surface area (Å²) in [5.41, 5.74) is 2.19. The number of nitrogens with zero attached hydrogens (tertiary/aromatic N) is 2. The van der Waals surface area contributed by atoms with Crippen LogP contribution in [0, 0.1) is 5.92 Å². The number of hydrogen-bond donors (Lipinski definition) is 0. The second kappa shape index (κ2) is 9.28. The SMILES string of the molecule is COc1ccc(C(=O)N(Cc2cc(-c3cccc(OC)c3)on2)CC(C)C)cc1. The Balaban J connectivity index is 1.79. The molecule has 0 aliphatic carbocycles. The number of hydrogen-bond acceptors (Lipinski definition) is 5. The van der Waals surface area contributed by atoms with Crippen LogP contribution in [0.5, 0.6) is 11.5 Å². The Morgan fingerprint density at radius 3 is 2.41 bits per heavy atom. The van der Waals surface area contributed by atoms with Gasteiger partial charge in [0.1, 0.15) is 17.2 Å². The standard InChI is InChI=1S/C23H26N2O4/c1-16(2)14-25(23(26)17-8-10-20(27-3)11-9-17)15-19-13-22(29-24-19)18-6-5-7-21(12-18)28-4/h5-13,16H,14-15H2,1-4H3. The van der Waals surface area contributed by atoms with E-state index in [2.05, 4.69) is 19.0 Å². The second-order valence-electron chi connectivity index (χ2n) is 7.22. The molecule has 2 aromatic carbocycles. The van der Waals surface area contributed by atoms with Gasteiger partial charge in [0.05, 0.1) is 20.8 Å². The van der Waals surface area contributed by atoms with Gasteiger partial charge in [-0.1, -0.05) is 31.1 Å². The van der Waals surface area contributed by atoms with Crippen molar-refractivity contribution in [3.63, 3.8) is 0 Å². The Labute approximate surface area is 171 Å². The topological polar surface area (TPSA) is 64.8 Å². The third-order valence-corrected chi connectivity index (χ3v) is 4.48. The Bertz CT molecular complexity index is 948. The highest BCUT2D eigenvalue weighted by atomic mass is 16.5. The second-order valence-corrected chi connectivity index (χ2v) is 7.22. The predicted octanol–water partition coefficient (Wildman–Crippen LogP) is 4.66. The molecular formula is C23H26N2O4. The molecule has 0 spiro atoms. The van der Waals surface area contributed by atoms with Gasteiger partial charge in [-0.3, -0.25) is 4.79 Å². The van der Waals surface area contributed by atoms with Crippen molar-refractivity contribution in [2.45, 2.75) is 20.4 Å². The van der Waals surface area contributed by atoms with E-state index in [1.165, 1.54) is 0 Å². The molecule has 0 aliphatic rings. The van der Waals surface area contributed by atoms with E-state index < -0.39 is 0 Å². The summed E-state index contributed by atoms with van der Waals surface area (Å²) in [4.78, 5) is 14.8. The summed E-state index contributed by atoms with van der Waals surface area (Å²) in [7, 11) is 3.23. The molecular weight excluding hydrogens is 368 g/mol. The third kappa shape index (κ3) is 5.16. The van der Waals surface area contributed by atoms with E-state index in [1.54, 1.807) is 43.4 Å². The third-order valence-electron chi connectivity index (χ3n) is 4.48. The van der Waals surface area contributed by atoms with E-state index in [1.807, 2.05) is 30.3 Å². The summed E-state index contributed by atoms with van der Waals surface area (Å²) in [5.74, 6) is 2.38. The van der Waals surface area contributed by atoms with Gasteiger partial charge in [0.15, 0.2) is 5.76 Å². The molecule has 0 unspecified atom stereocenters. The predicted molar refractivity (Wildman–Crippen MR) is 111 cm³/mol. The molecule has 152 valence electrons. The van der Waals surface area contributed by atoms with Crippen LogP contribution < -0.4 is 9.47 Å². The summed E-state index contributed by atoms with van der Waals surface area (Å²) >= 11 is 0. The smallest absolute Gasteiger partial charge is 0.254 e. The van der Waals surface area contributed by atoms with Crippen LogP contribution >= 0.6 is 0 Å². The molecule has 0 atom stereocenters. The molecule has 0 aliphatic heterocycles. The van der Waals surface area contributed by atoms with E-state index >= 15 is 0 Å². The summed E-state index contributed by atoms with van der Waals surface area (Å²) in [6.07, 6.45) is 0. The highest BCUT2D eigenvalue weighted by Gasteiger charge is 2.19. The van der Waals surface area contributed by atoms with Gasteiger partial charge in [0, 0.05) is 23.7 Å².